The highest BCUT2D eigenvalue weighted by molar-refractivity contribution is 6.05. The standard InChI is InChI=1S/C20H20F3N5O2/c1-28-18(19(29)26-17-10-24-9-15(17)20(21,22)23)14-8-13(5-6-16(14)27-28)30-11-12-4-2-3-7-25-12/h2-8,15,17,24H,9-11H2,1H3,(H,26,29)/t15-,17+/m0/s1. The molecule has 3 heterocycles. The van der Waals surface area contributed by atoms with Crippen molar-refractivity contribution in [3.8, 4) is 5.75 Å². The summed E-state index contributed by atoms with van der Waals surface area (Å²) in [7, 11) is 1.58. The molecule has 7 nitrogen and oxygen atoms in total. The van der Waals surface area contributed by atoms with Crippen molar-refractivity contribution < 1.29 is 22.7 Å². The lowest BCUT2D eigenvalue weighted by atomic mass is 10.0. The molecule has 1 amide bonds. The Bertz CT molecular complexity index is 1050. The number of nitrogens with one attached hydrogen (secondary N) is 2. The molecule has 0 unspecified atom stereocenters. The number of nitrogens with zero attached hydrogens (tertiary/aromatic N) is 3. The molecule has 1 aliphatic rings. The number of carbonyl (C=O) groups is 1. The van der Waals surface area contributed by atoms with Gasteiger partial charge in [-0.25, -0.2) is 0 Å². The fourth-order valence-electron chi connectivity index (χ4n) is 3.59. The van der Waals surface area contributed by atoms with Crippen LogP contribution in [0.1, 0.15) is 16.2 Å². The van der Waals surface area contributed by atoms with Gasteiger partial charge in [-0.1, -0.05) is 6.07 Å². The van der Waals surface area contributed by atoms with Crippen molar-refractivity contribution in [1.82, 2.24) is 25.4 Å². The Morgan fingerprint density at radius 2 is 2.13 bits per heavy atom. The third-order valence-corrected chi connectivity index (χ3v) is 5.08. The predicted octanol–water partition coefficient (Wildman–Crippen LogP) is 2.43. The van der Waals surface area contributed by atoms with Gasteiger partial charge >= 0.3 is 6.18 Å². The van der Waals surface area contributed by atoms with Crippen molar-refractivity contribution in [1.29, 1.82) is 0 Å². The summed E-state index contributed by atoms with van der Waals surface area (Å²) in [6.45, 7) is 0.0887. The first kappa shape index (κ1) is 20.1. The van der Waals surface area contributed by atoms with Crippen molar-refractivity contribution in [2.75, 3.05) is 13.1 Å². The third kappa shape index (κ3) is 4.09. The van der Waals surface area contributed by atoms with E-state index in [0.717, 1.165) is 5.69 Å². The fourth-order valence-corrected chi connectivity index (χ4v) is 3.59. The number of pyridine rings is 1. The SMILES string of the molecule is Cn1nc2ccc(OCc3ccccn3)cc2c1C(=O)N[C@@H]1CNC[C@@H]1C(F)(F)F. The molecule has 3 aromatic rings. The van der Waals surface area contributed by atoms with Crippen molar-refractivity contribution in [2.24, 2.45) is 13.0 Å². The van der Waals surface area contributed by atoms with E-state index in [9.17, 15) is 18.0 Å². The highest BCUT2D eigenvalue weighted by Gasteiger charge is 2.47. The molecule has 0 bridgehead atoms. The molecule has 1 fully saturated rings. The Hall–Kier alpha value is -3.14. The molecule has 4 rings (SSSR count). The molecule has 0 spiro atoms. The average Bonchev–Trinajstić information content (AvgIpc) is 3.30. The molecule has 0 aliphatic carbocycles. The highest BCUT2D eigenvalue weighted by atomic mass is 19.4. The lowest BCUT2D eigenvalue weighted by Gasteiger charge is -2.22. The number of hydrogen-bond donors (Lipinski definition) is 2. The lowest BCUT2D eigenvalue weighted by Crippen LogP contribution is -2.45. The number of rotatable bonds is 5. The van der Waals surface area contributed by atoms with E-state index >= 15 is 0 Å². The number of carbonyl (C=O) groups excluding carboxylic acids is 1. The number of fused-ring (bicyclic) bond motifs is 1. The van der Waals surface area contributed by atoms with Crippen molar-refractivity contribution in [3.63, 3.8) is 0 Å². The zero-order valence-corrected chi connectivity index (χ0v) is 16.1. The minimum absolute atomic E-state index is 0.0597. The predicted molar refractivity (Wildman–Crippen MR) is 103 cm³/mol. The van der Waals surface area contributed by atoms with Crippen LogP contribution >= 0.6 is 0 Å². The number of benzene rings is 1. The Balaban J connectivity index is 1.55. The number of ether oxygens (including phenoxy) is 1. The van der Waals surface area contributed by atoms with E-state index < -0.39 is 24.0 Å². The summed E-state index contributed by atoms with van der Waals surface area (Å²) in [5.41, 5.74) is 1.47. The molecule has 2 N–H and O–H groups in total. The first-order valence-electron chi connectivity index (χ1n) is 9.40. The molecule has 158 valence electrons. The summed E-state index contributed by atoms with van der Waals surface area (Å²) in [5, 5.41) is 9.99. The monoisotopic (exact) mass is 419 g/mol. The maximum Gasteiger partial charge on any atom is 0.395 e. The largest absolute Gasteiger partial charge is 0.487 e. The van der Waals surface area contributed by atoms with Gasteiger partial charge in [0.05, 0.1) is 23.2 Å². The van der Waals surface area contributed by atoms with Gasteiger partial charge in [0, 0.05) is 31.7 Å². The number of hydrogen-bond acceptors (Lipinski definition) is 5. The number of amides is 1. The van der Waals surface area contributed by atoms with Crippen molar-refractivity contribution in [2.45, 2.75) is 18.8 Å². The van der Waals surface area contributed by atoms with Gasteiger partial charge in [0.15, 0.2) is 0 Å². The Morgan fingerprint density at radius 1 is 1.30 bits per heavy atom. The number of aryl methyl sites for hydroxylation is 1. The van der Waals surface area contributed by atoms with Gasteiger partial charge in [-0.15, -0.1) is 0 Å². The van der Waals surface area contributed by atoms with Crippen LogP contribution in [0.4, 0.5) is 13.2 Å². The summed E-state index contributed by atoms with van der Waals surface area (Å²) in [4.78, 5) is 17.0. The van der Waals surface area contributed by atoms with Gasteiger partial charge in [-0.3, -0.25) is 14.5 Å². The lowest BCUT2D eigenvalue weighted by molar-refractivity contribution is -0.173. The topological polar surface area (TPSA) is 81.1 Å². The Kier molecular flexibility index (Phi) is 5.33. The highest BCUT2D eigenvalue weighted by Crippen LogP contribution is 2.31. The number of alkyl halides is 3. The quantitative estimate of drug-likeness (QED) is 0.664. The smallest absolute Gasteiger partial charge is 0.395 e. The first-order valence-corrected chi connectivity index (χ1v) is 9.40. The van der Waals surface area contributed by atoms with Crippen LogP contribution in [0, 0.1) is 5.92 Å². The van der Waals surface area contributed by atoms with E-state index in [-0.39, 0.29) is 25.4 Å². The van der Waals surface area contributed by atoms with E-state index in [0.29, 0.717) is 16.7 Å². The van der Waals surface area contributed by atoms with E-state index in [1.165, 1.54) is 4.68 Å². The molecule has 0 radical (unpaired) electrons. The minimum atomic E-state index is -4.39. The van der Waals surface area contributed by atoms with Gasteiger partial charge in [0.25, 0.3) is 5.91 Å². The zero-order valence-electron chi connectivity index (χ0n) is 16.1. The van der Waals surface area contributed by atoms with Crippen LogP contribution in [0.2, 0.25) is 0 Å². The minimum Gasteiger partial charge on any atom is -0.487 e. The maximum atomic E-state index is 13.2. The third-order valence-electron chi connectivity index (χ3n) is 5.08. The summed E-state index contributed by atoms with van der Waals surface area (Å²) < 4.78 is 46.7. The number of halogens is 3. The van der Waals surface area contributed by atoms with E-state index in [1.807, 2.05) is 12.1 Å². The summed E-state index contributed by atoms with van der Waals surface area (Å²) >= 11 is 0. The zero-order chi connectivity index (χ0) is 21.3. The average molecular weight is 419 g/mol. The molecule has 30 heavy (non-hydrogen) atoms. The molecule has 10 heteroatoms. The maximum absolute atomic E-state index is 13.2. The van der Waals surface area contributed by atoms with Crippen LogP contribution in [-0.4, -0.2) is 46.0 Å². The molecule has 1 aromatic carbocycles. The first-order chi connectivity index (χ1) is 14.3. The summed E-state index contributed by atoms with van der Waals surface area (Å²) in [5.74, 6) is -1.73. The van der Waals surface area contributed by atoms with Crippen LogP contribution in [0.3, 0.4) is 0 Å². The van der Waals surface area contributed by atoms with Gasteiger partial charge in [0.2, 0.25) is 0 Å². The molecule has 1 aliphatic heterocycles. The van der Waals surface area contributed by atoms with E-state index in [2.05, 4.69) is 20.7 Å². The van der Waals surface area contributed by atoms with Crippen LogP contribution < -0.4 is 15.4 Å². The van der Waals surface area contributed by atoms with Crippen LogP contribution in [0.25, 0.3) is 10.9 Å². The van der Waals surface area contributed by atoms with Gasteiger partial charge in [-0.2, -0.15) is 18.3 Å². The van der Waals surface area contributed by atoms with E-state index in [1.54, 1.807) is 37.5 Å². The van der Waals surface area contributed by atoms with Gasteiger partial charge < -0.3 is 15.4 Å². The van der Waals surface area contributed by atoms with Gasteiger partial charge in [-0.05, 0) is 30.3 Å². The molecule has 0 saturated carbocycles. The molecular weight excluding hydrogens is 399 g/mol. The van der Waals surface area contributed by atoms with Crippen molar-refractivity contribution in [3.05, 3.63) is 54.0 Å². The normalized spacial score (nSPS) is 19.2. The van der Waals surface area contributed by atoms with Crippen molar-refractivity contribution >= 4 is 16.8 Å². The molecule has 2 atom stereocenters. The molecule has 1 saturated heterocycles. The second-order valence-electron chi connectivity index (χ2n) is 7.15. The van der Waals surface area contributed by atoms with Crippen LogP contribution in [-0.2, 0) is 13.7 Å². The molecule has 2 aromatic heterocycles. The second kappa shape index (κ2) is 7.94. The van der Waals surface area contributed by atoms with Gasteiger partial charge in [0.1, 0.15) is 18.1 Å². The van der Waals surface area contributed by atoms with Crippen LogP contribution in [0.5, 0.6) is 5.75 Å². The Morgan fingerprint density at radius 3 is 2.87 bits per heavy atom. The summed E-state index contributed by atoms with van der Waals surface area (Å²) in [6.07, 6.45) is -2.72. The Labute approximate surface area is 170 Å². The van der Waals surface area contributed by atoms with E-state index in [4.69, 9.17) is 4.74 Å². The fraction of sp³-hybridized carbons (Fsp3) is 0.350. The molecular formula is C20H20F3N5O2. The van der Waals surface area contributed by atoms with Crippen LogP contribution in [0.15, 0.2) is 42.6 Å². The number of aromatic nitrogens is 3. The summed E-state index contributed by atoms with van der Waals surface area (Å²) in [6, 6.07) is 9.54. The second-order valence-corrected chi connectivity index (χ2v) is 7.15.